The van der Waals surface area contributed by atoms with Crippen LogP contribution in [0.15, 0.2) is 24.3 Å². The molecule has 0 bridgehead atoms. The molecule has 0 unspecified atom stereocenters. The standard InChI is InChI=1S/C26H31ClN6O3S/c1-31(2)24(34)14-4-6-17(28)21(12-14)33(25(35)20-11-15-10-16(27)5-7-18(15)29-20)26(36)23-30-19-8-9-32(3)13-22(19)37-23/h5,7,10-11,14,17,21,29H,4,6,8-9,12-13,28H2,1-3H3/t14-,17-,21+/m1/s1. The lowest BCUT2D eigenvalue weighted by Crippen LogP contribution is -2.56. The Morgan fingerprint density at radius 2 is 1.97 bits per heavy atom. The third-order valence-electron chi connectivity index (χ3n) is 7.35. The van der Waals surface area contributed by atoms with Gasteiger partial charge in [-0.1, -0.05) is 11.6 Å². The van der Waals surface area contributed by atoms with Crippen molar-refractivity contribution < 1.29 is 14.4 Å². The zero-order valence-electron chi connectivity index (χ0n) is 21.2. The van der Waals surface area contributed by atoms with E-state index < -0.39 is 23.9 Å². The van der Waals surface area contributed by atoms with Crippen molar-refractivity contribution in [2.24, 2.45) is 11.7 Å². The summed E-state index contributed by atoms with van der Waals surface area (Å²) in [6, 6.07) is 5.91. The Morgan fingerprint density at radius 1 is 1.19 bits per heavy atom. The van der Waals surface area contributed by atoms with Crippen LogP contribution in [0.4, 0.5) is 0 Å². The van der Waals surface area contributed by atoms with Crippen LogP contribution in [0.3, 0.4) is 0 Å². The van der Waals surface area contributed by atoms with E-state index in [0.29, 0.717) is 24.3 Å². The van der Waals surface area contributed by atoms with E-state index in [-0.39, 0.29) is 22.5 Å². The summed E-state index contributed by atoms with van der Waals surface area (Å²) >= 11 is 7.48. The number of hydrogen-bond donors (Lipinski definition) is 2. The van der Waals surface area contributed by atoms with E-state index >= 15 is 0 Å². The zero-order chi connectivity index (χ0) is 26.4. The molecule has 2 aromatic heterocycles. The molecule has 0 radical (unpaired) electrons. The molecule has 1 fully saturated rings. The van der Waals surface area contributed by atoms with E-state index in [1.165, 1.54) is 16.2 Å². The molecular formula is C26H31ClN6O3S. The highest BCUT2D eigenvalue weighted by Crippen LogP contribution is 2.33. The number of nitrogens with one attached hydrogen (secondary N) is 1. The minimum Gasteiger partial charge on any atom is -0.351 e. The summed E-state index contributed by atoms with van der Waals surface area (Å²) in [6.07, 6.45) is 2.23. The molecule has 196 valence electrons. The van der Waals surface area contributed by atoms with E-state index in [4.69, 9.17) is 17.3 Å². The maximum Gasteiger partial charge on any atom is 0.290 e. The van der Waals surface area contributed by atoms with Gasteiger partial charge in [-0.05, 0) is 50.6 Å². The van der Waals surface area contributed by atoms with Crippen LogP contribution in [-0.4, -0.2) is 82.2 Å². The second-order valence-corrected chi connectivity index (χ2v) is 11.8. The maximum atomic E-state index is 14.0. The van der Waals surface area contributed by atoms with Crippen molar-refractivity contribution in [3.05, 3.63) is 50.6 Å². The Hall–Kier alpha value is -2.79. The molecule has 1 aliphatic carbocycles. The van der Waals surface area contributed by atoms with Gasteiger partial charge in [-0.3, -0.25) is 19.3 Å². The van der Waals surface area contributed by atoms with Gasteiger partial charge < -0.3 is 20.5 Å². The first kappa shape index (κ1) is 25.8. The number of benzene rings is 1. The van der Waals surface area contributed by atoms with Crippen LogP contribution in [-0.2, 0) is 17.8 Å². The lowest BCUT2D eigenvalue weighted by atomic mass is 9.81. The molecule has 0 spiro atoms. The Labute approximate surface area is 224 Å². The number of rotatable bonds is 4. The third-order valence-corrected chi connectivity index (χ3v) is 8.65. The normalized spacial score (nSPS) is 22.0. The summed E-state index contributed by atoms with van der Waals surface area (Å²) in [5.41, 5.74) is 8.45. The zero-order valence-corrected chi connectivity index (χ0v) is 22.7. The van der Waals surface area contributed by atoms with Crippen molar-refractivity contribution >= 4 is 51.6 Å². The topological polar surface area (TPSA) is 116 Å². The van der Waals surface area contributed by atoms with Crippen LogP contribution in [0.1, 0.15) is 50.1 Å². The second-order valence-electron chi connectivity index (χ2n) is 10.2. The molecule has 1 aromatic carbocycles. The molecular weight excluding hydrogens is 512 g/mol. The summed E-state index contributed by atoms with van der Waals surface area (Å²) in [5.74, 6) is -1.30. The predicted molar refractivity (Wildman–Crippen MR) is 144 cm³/mol. The number of H-pyrrole nitrogens is 1. The van der Waals surface area contributed by atoms with Crippen LogP contribution >= 0.6 is 22.9 Å². The van der Waals surface area contributed by atoms with Gasteiger partial charge in [-0.2, -0.15) is 0 Å². The third kappa shape index (κ3) is 5.03. The molecule has 3 amide bonds. The highest BCUT2D eigenvalue weighted by molar-refractivity contribution is 7.13. The first-order chi connectivity index (χ1) is 17.6. The lowest BCUT2D eigenvalue weighted by Gasteiger charge is -2.39. The average Bonchev–Trinajstić information content (AvgIpc) is 3.48. The van der Waals surface area contributed by atoms with Gasteiger partial charge >= 0.3 is 0 Å². The number of hydrogen-bond acceptors (Lipinski definition) is 7. The summed E-state index contributed by atoms with van der Waals surface area (Å²) in [6.45, 7) is 1.59. The molecule has 1 saturated carbocycles. The first-order valence-electron chi connectivity index (χ1n) is 12.4. The molecule has 11 heteroatoms. The fourth-order valence-corrected chi connectivity index (χ4v) is 6.62. The van der Waals surface area contributed by atoms with Gasteiger partial charge in [0.05, 0.1) is 11.7 Å². The van der Waals surface area contributed by atoms with Crippen molar-refractivity contribution in [2.45, 2.75) is 44.3 Å². The lowest BCUT2D eigenvalue weighted by molar-refractivity contribution is -0.134. The Bertz CT molecular complexity index is 1370. The van der Waals surface area contributed by atoms with E-state index in [0.717, 1.165) is 41.0 Å². The molecule has 3 aromatic rings. The molecule has 3 N–H and O–H groups in total. The predicted octanol–water partition coefficient (Wildman–Crippen LogP) is 3.13. The van der Waals surface area contributed by atoms with Crippen molar-refractivity contribution in [3.63, 3.8) is 0 Å². The quantitative estimate of drug-likeness (QED) is 0.489. The fourth-order valence-electron chi connectivity index (χ4n) is 5.32. The average molecular weight is 543 g/mol. The number of imide groups is 1. The van der Waals surface area contributed by atoms with Gasteiger partial charge in [0, 0.05) is 66.4 Å². The molecule has 3 heterocycles. The van der Waals surface area contributed by atoms with Gasteiger partial charge in [-0.25, -0.2) is 4.98 Å². The summed E-state index contributed by atoms with van der Waals surface area (Å²) in [5, 5.41) is 1.60. The monoisotopic (exact) mass is 542 g/mol. The number of nitrogens with two attached hydrogens (primary N) is 1. The Morgan fingerprint density at radius 3 is 2.73 bits per heavy atom. The number of carbonyl (C=O) groups excluding carboxylic acids is 3. The summed E-state index contributed by atoms with van der Waals surface area (Å²) in [4.78, 5) is 54.7. The first-order valence-corrected chi connectivity index (χ1v) is 13.6. The number of amides is 3. The number of halogens is 1. The van der Waals surface area contributed by atoms with E-state index in [9.17, 15) is 14.4 Å². The minimum absolute atomic E-state index is 0.0234. The van der Waals surface area contributed by atoms with Crippen molar-refractivity contribution in [1.82, 2.24) is 24.7 Å². The van der Waals surface area contributed by atoms with Gasteiger partial charge in [0.2, 0.25) is 5.91 Å². The number of likely N-dealkylation sites (N-methyl/N-ethyl adjacent to an activating group) is 1. The molecule has 5 rings (SSSR count). The Balaban J connectivity index is 1.54. The molecule has 0 saturated heterocycles. The van der Waals surface area contributed by atoms with Crippen LogP contribution in [0.25, 0.3) is 10.9 Å². The van der Waals surface area contributed by atoms with Gasteiger partial charge in [0.25, 0.3) is 11.8 Å². The maximum absolute atomic E-state index is 14.0. The van der Waals surface area contributed by atoms with Gasteiger partial charge in [-0.15, -0.1) is 11.3 Å². The van der Waals surface area contributed by atoms with Crippen LogP contribution in [0, 0.1) is 5.92 Å². The number of aromatic nitrogens is 2. The Kier molecular flexibility index (Phi) is 7.10. The number of thiazole rings is 1. The van der Waals surface area contributed by atoms with Crippen LogP contribution in [0.2, 0.25) is 5.02 Å². The second kappa shape index (κ2) is 10.2. The van der Waals surface area contributed by atoms with Gasteiger partial charge in [0.1, 0.15) is 5.69 Å². The highest BCUT2D eigenvalue weighted by atomic mass is 35.5. The van der Waals surface area contributed by atoms with Crippen molar-refractivity contribution in [1.29, 1.82) is 0 Å². The summed E-state index contributed by atoms with van der Waals surface area (Å²) < 4.78 is 0. The number of fused-ring (bicyclic) bond motifs is 2. The number of nitrogens with zero attached hydrogens (tertiary/aromatic N) is 4. The molecule has 2 aliphatic rings. The van der Waals surface area contributed by atoms with E-state index in [2.05, 4.69) is 14.9 Å². The molecule has 9 nitrogen and oxygen atoms in total. The van der Waals surface area contributed by atoms with Gasteiger partial charge in [0.15, 0.2) is 5.01 Å². The SMILES string of the molecule is CN1CCc2nc(C(=O)N(C(=O)c3cc4cc(Cl)ccc4[nH]3)[C@H]3C[C@H](C(=O)N(C)C)CC[C@H]3N)sc2C1. The molecule has 37 heavy (non-hydrogen) atoms. The summed E-state index contributed by atoms with van der Waals surface area (Å²) in [7, 11) is 5.46. The van der Waals surface area contributed by atoms with Crippen LogP contribution < -0.4 is 5.73 Å². The van der Waals surface area contributed by atoms with E-state index in [1.807, 2.05) is 7.05 Å². The largest absolute Gasteiger partial charge is 0.351 e. The molecule has 1 aliphatic heterocycles. The number of carbonyl (C=O) groups is 3. The number of aromatic amines is 1. The highest BCUT2D eigenvalue weighted by Gasteiger charge is 2.42. The van der Waals surface area contributed by atoms with Crippen LogP contribution in [0.5, 0.6) is 0 Å². The minimum atomic E-state index is -0.638. The molecule has 3 atom stereocenters. The smallest absolute Gasteiger partial charge is 0.290 e. The fraction of sp³-hybridized carbons (Fsp3) is 0.462. The van der Waals surface area contributed by atoms with Crippen molar-refractivity contribution in [3.8, 4) is 0 Å². The van der Waals surface area contributed by atoms with E-state index in [1.54, 1.807) is 43.3 Å². The van der Waals surface area contributed by atoms with Crippen molar-refractivity contribution in [2.75, 3.05) is 27.7 Å².